The summed E-state index contributed by atoms with van der Waals surface area (Å²) in [5.74, 6) is 0. The smallest absolute Gasteiger partial charge is 0.314 e. The molecular formula is C13H11N3O2. The Balaban J connectivity index is 2.79. The number of aryl methyl sites for hydroxylation is 2. The molecule has 1 aromatic carbocycles. The fourth-order valence-electron chi connectivity index (χ4n) is 2.22. The van der Waals surface area contributed by atoms with Crippen molar-refractivity contribution < 1.29 is 4.42 Å². The van der Waals surface area contributed by atoms with Gasteiger partial charge in [0.1, 0.15) is 5.39 Å². The van der Waals surface area contributed by atoms with Crippen LogP contribution in [-0.4, -0.2) is 9.55 Å². The van der Waals surface area contributed by atoms with Crippen LogP contribution >= 0.6 is 0 Å². The Morgan fingerprint density at radius 2 is 2.06 bits per heavy atom. The summed E-state index contributed by atoms with van der Waals surface area (Å²) in [4.78, 5) is 16.2. The highest BCUT2D eigenvalue weighted by Gasteiger charge is 2.13. The molecule has 2 heterocycles. The number of hydrogen-bond donors (Lipinski definition) is 1. The van der Waals surface area contributed by atoms with Crippen molar-refractivity contribution in [2.24, 2.45) is 7.05 Å². The SMILES string of the molecule is Cc1nc(=N)oc2c1c(=O)n(C)c1ccccc21. The maximum Gasteiger partial charge on any atom is 0.314 e. The van der Waals surface area contributed by atoms with Crippen molar-refractivity contribution in [2.45, 2.75) is 6.92 Å². The van der Waals surface area contributed by atoms with Crippen LogP contribution in [0.15, 0.2) is 33.5 Å². The van der Waals surface area contributed by atoms with Gasteiger partial charge in [-0.1, -0.05) is 12.1 Å². The normalized spacial score (nSPS) is 11.2. The van der Waals surface area contributed by atoms with Gasteiger partial charge in [-0.2, -0.15) is 4.98 Å². The molecule has 2 aromatic heterocycles. The van der Waals surface area contributed by atoms with Crippen molar-refractivity contribution in [2.75, 3.05) is 0 Å². The Labute approximate surface area is 102 Å². The molecule has 5 nitrogen and oxygen atoms in total. The van der Waals surface area contributed by atoms with Crippen molar-refractivity contribution in [1.82, 2.24) is 9.55 Å². The van der Waals surface area contributed by atoms with E-state index < -0.39 is 0 Å². The second-order valence-electron chi connectivity index (χ2n) is 4.19. The van der Waals surface area contributed by atoms with Crippen LogP contribution in [0.4, 0.5) is 0 Å². The summed E-state index contributed by atoms with van der Waals surface area (Å²) >= 11 is 0. The average molecular weight is 241 g/mol. The van der Waals surface area contributed by atoms with Crippen molar-refractivity contribution in [3.05, 3.63) is 46.0 Å². The largest absolute Gasteiger partial charge is 0.423 e. The van der Waals surface area contributed by atoms with Crippen LogP contribution in [-0.2, 0) is 7.05 Å². The quantitative estimate of drug-likeness (QED) is 0.606. The number of hydrogen-bond acceptors (Lipinski definition) is 4. The minimum absolute atomic E-state index is 0.155. The van der Waals surface area contributed by atoms with Gasteiger partial charge in [0.25, 0.3) is 5.56 Å². The monoisotopic (exact) mass is 241 g/mol. The van der Waals surface area contributed by atoms with Gasteiger partial charge in [0, 0.05) is 12.4 Å². The zero-order valence-corrected chi connectivity index (χ0v) is 10.0. The molecule has 5 heteroatoms. The Bertz CT molecular complexity index is 890. The molecule has 0 fully saturated rings. The Kier molecular flexibility index (Phi) is 2.10. The first-order valence-electron chi connectivity index (χ1n) is 5.53. The molecule has 90 valence electrons. The van der Waals surface area contributed by atoms with E-state index in [0.717, 1.165) is 10.9 Å². The lowest BCUT2D eigenvalue weighted by atomic mass is 10.1. The Morgan fingerprint density at radius 1 is 1.33 bits per heavy atom. The molecule has 0 saturated heterocycles. The molecule has 0 aliphatic heterocycles. The first-order chi connectivity index (χ1) is 8.59. The number of nitrogens with zero attached hydrogens (tertiary/aromatic N) is 2. The molecule has 1 N–H and O–H groups in total. The standard InChI is InChI=1S/C13H11N3O2/c1-7-10-11(18-13(14)15-7)8-5-3-4-6-9(8)16(2)12(10)17/h3-6,14H,1-2H3. The van der Waals surface area contributed by atoms with Crippen molar-refractivity contribution in [3.63, 3.8) is 0 Å². The van der Waals surface area contributed by atoms with E-state index in [0.29, 0.717) is 16.7 Å². The topological polar surface area (TPSA) is 71.9 Å². The molecule has 0 spiro atoms. The van der Waals surface area contributed by atoms with Crippen molar-refractivity contribution in [3.8, 4) is 0 Å². The maximum atomic E-state index is 12.3. The number of nitrogens with one attached hydrogen (secondary N) is 1. The lowest BCUT2D eigenvalue weighted by molar-refractivity contribution is 0.500. The molecule has 0 radical (unpaired) electrons. The van der Waals surface area contributed by atoms with Crippen LogP contribution in [0, 0.1) is 12.3 Å². The third-order valence-electron chi connectivity index (χ3n) is 3.09. The van der Waals surface area contributed by atoms with Gasteiger partial charge in [0.2, 0.25) is 0 Å². The molecule has 3 rings (SSSR count). The summed E-state index contributed by atoms with van der Waals surface area (Å²) < 4.78 is 6.91. The van der Waals surface area contributed by atoms with Gasteiger partial charge in [0.15, 0.2) is 5.58 Å². The molecule has 18 heavy (non-hydrogen) atoms. The van der Waals surface area contributed by atoms with E-state index >= 15 is 0 Å². The minimum atomic E-state index is -0.182. The predicted molar refractivity (Wildman–Crippen MR) is 67.3 cm³/mol. The highest BCUT2D eigenvalue weighted by molar-refractivity contribution is 6.02. The molecule has 0 unspecified atom stereocenters. The molecule has 0 atom stereocenters. The van der Waals surface area contributed by atoms with E-state index in [1.165, 1.54) is 0 Å². The number of rotatable bonds is 0. The van der Waals surface area contributed by atoms with Crippen LogP contribution in [0.1, 0.15) is 5.69 Å². The third-order valence-corrected chi connectivity index (χ3v) is 3.09. The lowest BCUT2D eigenvalue weighted by Crippen LogP contribution is -2.20. The highest BCUT2D eigenvalue weighted by atomic mass is 16.3. The second-order valence-corrected chi connectivity index (χ2v) is 4.19. The third kappa shape index (κ3) is 1.30. The molecule has 0 bridgehead atoms. The number of pyridine rings is 1. The molecular weight excluding hydrogens is 230 g/mol. The fraction of sp³-hybridized carbons (Fsp3) is 0.154. The van der Waals surface area contributed by atoms with Crippen LogP contribution in [0.25, 0.3) is 21.9 Å². The van der Waals surface area contributed by atoms with Gasteiger partial charge in [-0.05, 0) is 19.1 Å². The van der Waals surface area contributed by atoms with Crippen molar-refractivity contribution >= 4 is 21.9 Å². The highest BCUT2D eigenvalue weighted by Crippen LogP contribution is 2.21. The zero-order chi connectivity index (χ0) is 12.9. The maximum absolute atomic E-state index is 12.3. The van der Waals surface area contributed by atoms with Crippen LogP contribution in [0.3, 0.4) is 0 Å². The lowest BCUT2D eigenvalue weighted by Gasteiger charge is -2.08. The number of aromatic nitrogens is 2. The summed E-state index contributed by atoms with van der Waals surface area (Å²) in [6.45, 7) is 1.71. The summed E-state index contributed by atoms with van der Waals surface area (Å²) in [7, 11) is 1.72. The van der Waals surface area contributed by atoms with Crippen LogP contribution < -0.4 is 11.2 Å². The summed E-state index contributed by atoms with van der Waals surface area (Å²) in [5.41, 5.74) is 1.40. The summed E-state index contributed by atoms with van der Waals surface area (Å²) in [5, 5.41) is 8.78. The predicted octanol–water partition coefficient (Wildman–Crippen LogP) is 1.47. The minimum Gasteiger partial charge on any atom is -0.423 e. The molecule has 0 saturated carbocycles. The molecule has 0 aliphatic carbocycles. The van der Waals surface area contributed by atoms with E-state index in [9.17, 15) is 4.79 Å². The first-order valence-corrected chi connectivity index (χ1v) is 5.53. The number of para-hydroxylation sites is 1. The second kappa shape index (κ2) is 3.53. The van der Waals surface area contributed by atoms with Crippen LogP contribution in [0.5, 0.6) is 0 Å². The average Bonchev–Trinajstić information content (AvgIpc) is 2.35. The van der Waals surface area contributed by atoms with E-state index in [1.807, 2.05) is 24.3 Å². The first kappa shape index (κ1) is 10.7. The number of benzene rings is 1. The van der Waals surface area contributed by atoms with Gasteiger partial charge in [-0.25, -0.2) is 5.41 Å². The van der Waals surface area contributed by atoms with Crippen LogP contribution in [0.2, 0.25) is 0 Å². The van der Waals surface area contributed by atoms with Gasteiger partial charge in [-0.15, -0.1) is 0 Å². The Hall–Kier alpha value is -2.43. The molecule has 0 aliphatic rings. The van der Waals surface area contributed by atoms with E-state index in [1.54, 1.807) is 18.5 Å². The summed E-state index contributed by atoms with van der Waals surface area (Å²) in [6, 6.07) is 7.47. The van der Waals surface area contributed by atoms with E-state index in [2.05, 4.69) is 4.98 Å². The Morgan fingerprint density at radius 3 is 2.83 bits per heavy atom. The van der Waals surface area contributed by atoms with Gasteiger partial charge < -0.3 is 8.98 Å². The van der Waals surface area contributed by atoms with Gasteiger partial charge in [-0.3, -0.25) is 4.79 Å². The van der Waals surface area contributed by atoms with Crippen molar-refractivity contribution in [1.29, 1.82) is 5.41 Å². The summed E-state index contributed by atoms with van der Waals surface area (Å²) in [6.07, 6.45) is 0. The van der Waals surface area contributed by atoms with Gasteiger partial charge >= 0.3 is 5.68 Å². The molecule has 0 amide bonds. The molecule has 3 aromatic rings. The van der Waals surface area contributed by atoms with Gasteiger partial charge in [0.05, 0.1) is 11.2 Å². The fourth-order valence-corrected chi connectivity index (χ4v) is 2.22. The van der Waals surface area contributed by atoms with E-state index in [4.69, 9.17) is 9.83 Å². The van der Waals surface area contributed by atoms with E-state index in [-0.39, 0.29) is 11.2 Å². The zero-order valence-electron chi connectivity index (χ0n) is 10.0. The number of fused-ring (bicyclic) bond motifs is 3.